The van der Waals surface area contributed by atoms with Gasteiger partial charge in [0.1, 0.15) is 10.0 Å². The predicted molar refractivity (Wildman–Crippen MR) is 46.4 cm³/mol. The van der Waals surface area contributed by atoms with Crippen LogP contribution < -0.4 is 5.56 Å². The van der Waals surface area contributed by atoms with Gasteiger partial charge in [-0.25, -0.2) is 18.6 Å². The van der Waals surface area contributed by atoms with Gasteiger partial charge in [-0.3, -0.25) is 0 Å². The van der Waals surface area contributed by atoms with E-state index in [0.29, 0.717) is 0 Å². The Bertz CT molecular complexity index is 432. The van der Waals surface area contributed by atoms with Crippen LogP contribution in [0.15, 0.2) is 15.3 Å². The lowest BCUT2D eigenvalue weighted by Crippen LogP contribution is -2.12. The Morgan fingerprint density at radius 3 is 2.57 bits per heavy atom. The molecular formula is C6H3BrF2N2O3. The summed E-state index contributed by atoms with van der Waals surface area (Å²) in [6.07, 6.45) is -3.01. The molecule has 1 heterocycles. The van der Waals surface area contributed by atoms with Crippen molar-refractivity contribution >= 4 is 21.7 Å². The molecule has 5 nitrogen and oxygen atoms in total. The molecule has 0 atom stereocenters. The van der Waals surface area contributed by atoms with E-state index < -0.39 is 28.3 Å². The van der Waals surface area contributed by atoms with E-state index in [0.717, 1.165) is 6.07 Å². The largest absolute Gasteiger partial charge is 0.358 e. The van der Waals surface area contributed by atoms with Gasteiger partial charge in [-0.2, -0.15) is 0 Å². The number of aromatic amines is 1. The second-order valence-electron chi connectivity index (χ2n) is 2.31. The lowest BCUT2D eigenvalue weighted by Gasteiger charge is -2.01. The molecule has 1 aromatic heterocycles. The van der Waals surface area contributed by atoms with Gasteiger partial charge in [0.2, 0.25) is 0 Å². The third kappa shape index (κ3) is 1.95. The highest BCUT2D eigenvalue weighted by Crippen LogP contribution is 2.27. The molecule has 1 aromatic rings. The van der Waals surface area contributed by atoms with E-state index in [2.05, 4.69) is 15.9 Å². The zero-order valence-corrected chi connectivity index (χ0v) is 8.05. The van der Waals surface area contributed by atoms with Crippen LogP contribution in [0.4, 0.5) is 14.6 Å². The smallest absolute Gasteiger partial charge is 0.346 e. The fourth-order valence-electron chi connectivity index (χ4n) is 0.827. The summed E-state index contributed by atoms with van der Waals surface area (Å²) in [6.45, 7) is 0. The molecule has 0 aromatic carbocycles. The molecular weight excluding hydrogens is 266 g/mol. The number of alkyl halides is 2. The SMILES string of the molecule is O=c1[nH]c([N+](=O)[O-])c(C(F)F)cc1Br. The molecule has 0 saturated heterocycles. The maximum atomic E-state index is 12.3. The first-order chi connectivity index (χ1) is 6.43. The number of nitrogens with zero attached hydrogens (tertiary/aromatic N) is 1. The number of nitrogens with one attached hydrogen (secondary N) is 1. The number of rotatable bonds is 2. The summed E-state index contributed by atoms with van der Waals surface area (Å²) in [6, 6.07) is 0.738. The highest BCUT2D eigenvalue weighted by molar-refractivity contribution is 9.10. The first-order valence-electron chi connectivity index (χ1n) is 3.28. The van der Waals surface area contributed by atoms with Gasteiger partial charge >= 0.3 is 11.4 Å². The lowest BCUT2D eigenvalue weighted by molar-refractivity contribution is -0.391. The minimum atomic E-state index is -3.01. The van der Waals surface area contributed by atoms with Crippen LogP contribution in [0.5, 0.6) is 0 Å². The second kappa shape index (κ2) is 3.82. The zero-order valence-electron chi connectivity index (χ0n) is 6.46. The van der Waals surface area contributed by atoms with Crippen LogP contribution in [0, 0.1) is 10.1 Å². The van der Waals surface area contributed by atoms with Crippen LogP contribution in [0.25, 0.3) is 0 Å². The van der Waals surface area contributed by atoms with E-state index >= 15 is 0 Å². The Morgan fingerprint density at radius 1 is 1.57 bits per heavy atom. The standard InChI is InChI=1S/C6H3BrF2N2O3/c7-3-1-2(4(8)9)5(11(13)14)10-6(3)12/h1,4H,(H,10,12). The molecule has 1 N–H and O–H groups in total. The highest BCUT2D eigenvalue weighted by atomic mass is 79.9. The van der Waals surface area contributed by atoms with Crippen molar-refractivity contribution in [1.29, 1.82) is 0 Å². The molecule has 0 aliphatic carbocycles. The lowest BCUT2D eigenvalue weighted by atomic mass is 10.2. The fraction of sp³-hybridized carbons (Fsp3) is 0.167. The normalized spacial score (nSPS) is 10.6. The van der Waals surface area contributed by atoms with Crippen molar-refractivity contribution in [1.82, 2.24) is 4.98 Å². The summed E-state index contributed by atoms with van der Waals surface area (Å²) in [4.78, 5) is 21.8. The molecule has 0 fully saturated rings. The Morgan fingerprint density at radius 2 is 2.14 bits per heavy atom. The van der Waals surface area contributed by atoms with Gasteiger partial charge < -0.3 is 10.1 Å². The van der Waals surface area contributed by atoms with Crippen LogP contribution in [0.2, 0.25) is 0 Å². The maximum Gasteiger partial charge on any atom is 0.346 e. The van der Waals surface area contributed by atoms with E-state index in [1.807, 2.05) is 0 Å². The summed E-state index contributed by atoms with van der Waals surface area (Å²) in [7, 11) is 0. The molecule has 14 heavy (non-hydrogen) atoms. The maximum absolute atomic E-state index is 12.3. The molecule has 0 aliphatic rings. The van der Waals surface area contributed by atoms with Crippen LogP contribution in [-0.4, -0.2) is 9.91 Å². The highest BCUT2D eigenvalue weighted by Gasteiger charge is 2.23. The van der Waals surface area contributed by atoms with E-state index in [9.17, 15) is 23.7 Å². The molecule has 1 rings (SSSR count). The number of halogens is 3. The number of hydrogen-bond donors (Lipinski definition) is 1. The van der Waals surface area contributed by atoms with Crippen molar-refractivity contribution in [2.45, 2.75) is 6.43 Å². The van der Waals surface area contributed by atoms with Crippen molar-refractivity contribution in [2.24, 2.45) is 0 Å². The van der Waals surface area contributed by atoms with Gasteiger partial charge in [-0.15, -0.1) is 0 Å². The van der Waals surface area contributed by atoms with Gasteiger partial charge in [-0.05, 0) is 26.9 Å². The predicted octanol–water partition coefficient (Wildman–Crippen LogP) is 1.98. The summed E-state index contributed by atoms with van der Waals surface area (Å²) >= 11 is 2.70. The van der Waals surface area contributed by atoms with E-state index in [-0.39, 0.29) is 4.47 Å². The molecule has 76 valence electrons. The molecule has 0 spiro atoms. The van der Waals surface area contributed by atoms with Crippen molar-refractivity contribution < 1.29 is 13.7 Å². The van der Waals surface area contributed by atoms with E-state index in [1.54, 1.807) is 4.98 Å². The second-order valence-corrected chi connectivity index (χ2v) is 3.16. The Hall–Kier alpha value is -1.31. The Labute approximate surface area is 84.0 Å². The van der Waals surface area contributed by atoms with Crippen LogP contribution in [0.3, 0.4) is 0 Å². The molecule has 0 unspecified atom stereocenters. The topological polar surface area (TPSA) is 76.0 Å². The monoisotopic (exact) mass is 268 g/mol. The van der Waals surface area contributed by atoms with Crippen molar-refractivity contribution in [3.8, 4) is 0 Å². The number of hydrogen-bond acceptors (Lipinski definition) is 3. The van der Waals surface area contributed by atoms with Crippen molar-refractivity contribution in [3.05, 3.63) is 36.6 Å². The molecule has 0 bridgehead atoms. The summed E-state index contributed by atoms with van der Waals surface area (Å²) < 4.78 is 24.3. The van der Waals surface area contributed by atoms with Gasteiger partial charge in [0.25, 0.3) is 6.43 Å². The van der Waals surface area contributed by atoms with Gasteiger partial charge in [0.15, 0.2) is 0 Å². The first kappa shape index (κ1) is 10.8. The average Bonchev–Trinajstić information content (AvgIpc) is 2.08. The Balaban J connectivity index is 3.47. The molecule has 8 heteroatoms. The van der Waals surface area contributed by atoms with Crippen molar-refractivity contribution in [3.63, 3.8) is 0 Å². The quantitative estimate of drug-likeness (QED) is 0.658. The van der Waals surface area contributed by atoms with Crippen LogP contribution in [-0.2, 0) is 0 Å². The number of pyridine rings is 1. The van der Waals surface area contributed by atoms with Crippen molar-refractivity contribution in [2.75, 3.05) is 0 Å². The minimum absolute atomic E-state index is 0.168. The zero-order chi connectivity index (χ0) is 10.9. The Kier molecular flexibility index (Phi) is 2.94. The third-order valence-electron chi connectivity index (χ3n) is 1.42. The van der Waals surface area contributed by atoms with Crippen LogP contribution >= 0.6 is 15.9 Å². The van der Waals surface area contributed by atoms with Gasteiger partial charge in [0.05, 0.1) is 0 Å². The fourth-order valence-corrected chi connectivity index (χ4v) is 1.17. The molecule has 0 amide bonds. The number of aromatic nitrogens is 1. The number of nitro groups is 1. The molecule has 0 saturated carbocycles. The average molecular weight is 269 g/mol. The van der Waals surface area contributed by atoms with Gasteiger partial charge in [-0.1, -0.05) is 0 Å². The van der Waals surface area contributed by atoms with Crippen LogP contribution in [0.1, 0.15) is 12.0 Å². The van der Waals surface area contributed by atoms with Gasteiger partial charge in [0, 0.05) is 0 Å². The van der Waals surface area contributed by atoms with E-state index in [4.69, 9.17) is 0 Å². The number of H-pyrrole nitrogens is 1. The third-order valence-corrected chi connectivity index (χ3v) is 2.01. The summed E-state index contributed by atoms with van der Waals surface area (Å²) in [5.74, 6) is -0.979. The van der Waals surface area contributed by atoms with E-state index in [1.165, 1.54) is 0 Å². The molecule has 0 radical (unpaired) electrons. The molecule has 0 aliphatic heterocycles. The minimum Gasteiger partial charge on any atom is -0.358 e. The first-order valence-corrected chi connectivity index (χ1v) is 4.08. The summed E-state index contributed by atoms with van der Waals surface area (Å²) in [5, 5.41) is 10.3. The summed E-state index contributed by atoms with van der Waals surface area (Å²) in [5.41, 5.74) is -1.64.